The second-order valence-electron chi connectivity index (χ2n) is 7.93. The SMILES string of the molecule is COc1ccc(C2(C)NC(=O)N(CC(=O)N(Cc3ccccc3[N+](=O)[O-])CC(F)(F)F)C2=O)cc1. The first-order chi connectivity index (χ1) is 16.4. The average molecular weight is 494 g/mol. The Hall–Kier alpha value is -4.16. The molecule has 13 heteroatoms. The molecule has 1 aliphatic rings. The molecule has 1 N–H and O–H groups in total. The Bertz CT molecular complexity index is 1150. The molecule has 1 saturated heterocycles. The third kappa shape index (κ3) is 5.50. The molecule has 10 nitrogen and oxygen atoms in total. The van der Waals surface area contributed by atoms with Crippen LogP contribution in [0.3, 0.4) is 0 Å². The number of carbonyl (C=O) groups is 3. The number of nitrogens with zero attached hydrogens (tertiary/aromatic N) is 3. The molecule has 1 fully saturated rings. The molecule has 1 unspecified atom stereocenters. The number of hydrogen-bond donors (Lipinski definition) is 1. The van der Waals surface area contributed by atoms with Crippen LogP contribution >= 0.6 is 0 Å². The summed E-state index contributed by atoms with van der Waals surface area (Å²) in [6.45, 7) is -2.04. The van der Waals surface area contributed by atoms with Gasteiger partial charge in [0.1, 0.15) is 24.4 Å². The first-order valence-corrected chi connectivity index (χ1v) is 10.2. The molecule has 2 aromatic carbocycles. The van der Waals surface area contributed by atoms with Crippen molar-refractivity contribution < 1.29 is 37.2 Å². The number of nitro benzene ring substituents is 1. The van der Waals surface area contributed by atoms with Crippen LogP contribution in [0.2, 0.25) is 0 Å². The van der Waals surface area contributed by atoms with Crippen molar-refractivity contribution >= 4 is 23.5 Å². The predicted octanol–water partition coefficient (Wildman–Crippen LogP) is 2.96. The first-order valence-electron chi connectivity index (χ1n) is 10.2. The predicted molar refractivity (Wildman–Crippen MR) is 115 cm³/mol. The normalized spacial score (nSPS) is 17.8. The topological polar surface area (TPSA) is 122 Å². The minimum Gasteiger partial charge on any atom is -0.497 e. The summed E-state index contributed by atoms with van der Waals surface area (Å²) in [5.74, 6) is -1.54. The molecule has 1 atom stereocenters. The monoisotopic (exact) mass is 494 g/mol. The van der Waals surface area contributed by atoms with Crippen molar-refractivity contribution in [1.82, 2.24) is 15.1 Å². The zero-order valence-corrected chi connectivity index (χ0v) is 18.7. The summed E-state index contributed by atoms with van der Waals surface area (Å²) in [6.07, 6.45) is -4.83. The van der Waals surface area contributed by atoms with Crippen molar-refractivity contribution in [3.63, 3.8) is 0 Å². The van der Waals surface area contributed by atoms with E-state index < -0.39 is 59.8 Å². The molecular formula is C22H21F3N4O6. The Morgan fingerprint density at radius 3 is 2.37 bits per heavy atom. The highest BCUT2D eigenvalue weighted by Gasteiger charge is 2.50. The Labute approximate surface area is 197 Å². The van der Waals surface area contributed by atoms with Gasteiger partial charge in [-0.3, -0.25) is 24.6 Å². The van der Waals surface area contributed by atoms with E-state index in [1.54, 1.807) is 12.1 Å². The van der Waals surface area contributed by atoms with E-state index in [2.05, 4.69) is 5.32 Å². The van der Waals surface area contributed by atoms with Crippen molar-refractivity contribution in [2.45, 2.75) is 25.2 Å². The van der Waals surface area contributed by atoms with Gasteiger partial charge in [-0.25, -0.2) is 4.79 Å². The van der Waals surface area contributed by atoms with Crippen LogP contribution in [0.15, 0.2) is 48.5 Å². The molecular weight excluding hydrogens is 473 g/mol. The van der Waals surface area contributed by atoms with E-state index in [-0.39, 0.29) is 5.56 Å². The molecule has 1 aliphatic heterocycles. The number of amides is 4. The Kier molecular flexibility index (Phi) is 6.99. The van der Waals surface area contributed by atoms with Gasteiger partial charge in [0.05, 0.1) is 18.6 Å². The molecule has 0 aromatic heterocycles. The van der Waals surface area contributed by atoms with E-state index in [1.807, 2.05) is 0 Å². The average Bonchev–Trinajstić information content (AvgIpc) is 3.01. The zero-order valence-electron chi connectivity index (χ0n) is 18.7. The van der Waals surface area contributed by atoms with Crippen molar-refractivity contribution in [3.8, 4) is 5.75 Å². The van der Waals surface area contributed by atoms with Gasteiger partial charge in [0.25, 0.3) is 11.6 Å². The summed E-state index contributed by atoms with van der Waals surface area (Å²) in [5, 5.41) is 13.7. The number of nitro groups is 1. The number of alkyl halides is 3. The highest BCUT2D eigenvalue weighted by molar-refractivity contribution is 6.09. The molecule has 3 rings (SSSR count). The highest BCUT2D eigenvalue weighted by atomic mass is 19.4. The lowest BCUT2D eigenvalue weighted by Gasteiger charge is -2.26. The van der Waals surface area contributed by atoms with Gasteiger partial charge in [-0.2, -0.15) is 13.2 Å². The van der Waals surface area contributed by atoms with E-state index in [0.29, 0.717) is 21.1 Å². The Morgan fingerprint density at radius 2 is 1.80 bits per heavy atom. The lowest BCUT2D eigenvalue weighted by molar-refractivity contribution is -0.385. The van der Waals surface area contributed by atoms with Crippen LogP contribution in [0.1, 0.15) is 18.1 Å². The molecule has 2 aromatic rings. The van der Waals surface area contributed by atoms with Gasteiger partial charge < -0.3 is 15.0 Å². The summed E-state index contributed by atoms with van der Waals surface area (Å²) in [7, 11) is 1.45. The minimum absolute atomic E-state index is 0.129. The van der Waals surface area contributed by atoms with Crippen LogP contribution in [-0.4, -0.2) is 58.9 Å². The minimum atomic E-state index is -4.83. The third-order valence-corrected chi connectivity index (χ3v) is 5.51. The maximum Gasteiger partial charge on any atom is 0.406 e. The molecule has 186 valence electrons. The lowest BCUT2D eigenvalue weighted by atomic mass is 9.92. The number of para-hydroxylation sites is 1. The van der Waals surface area contributed by atoms with Crippen LogP contribution in [0, 0.1) is 10.1 Å². The number of nitrogens with one attached hydrogen (secondary N) is 1. The van der Waals surface area contributed by atoms with Gasteiger partial charge in [0.2, 0.25) is 5.91 Å². The number of methoxy groups -OCH3 is 1. The fourth-order valence-corrected chi connectivity index (χ4v) is 3.67. The summed E-state index contributed by atoms with van der Waals surface area (Å²) >= 11 is 0. The molecule has 35 heavy (non-hydrogen) atoms. The first kappa shape index (κ1) is 25.5. The van der Waals surface area contributed by atoms with Crippen LogP contribution < -0.4 is 10.1 Å². The summed E-state index contributed by atoms with van der Waals surface area (Å²) in [6, 6.07) is 10.3. The molecule has 0 radical (unpaired) electrons. The quantitative estimate of drug-likeness (QED) is 0.342. The molecule has 0 bridgehead atoms. The van der Waals surface area contributed by atoms with Crippen molar-refractivity contribution in [3.05, 3.63) is 69.8 Å². The van der Waals surface area contributed by atoms with Gasteiger partial charge in [-0.15, -0.1) is 0 Å². The van der Waals surface area contributed by atoms with E-state index in [9.17, 15) is 37.7 Å². The smallest absolute Gasteiger partial charge is 0.406 e. The van der Waals surface area contributed by atoms with Gasteiger partial charge in [0, 0.05) is 11.6 Å². The molecule has 4 amide bonds. The fraction of sp³-hybridized carbons (Fsp3) is 0.318. The van der Waals surface area contributed by atoms with Gasteiger partial charge in [-0.1, -0.05) is 30.3 Å². The zero-order chi connectivity index (χ0) is 26.0. The van der Waals surface area contributed by atoms with E-state index >= 15 is 0 Å². The summed E-state index contributed by atoms with van der Waals surface area (Å²) < 4.78 is 44.7. The number of carbonyl (C=O) groups excluding carboxylic acids is 3. The van der Waals surface area contributed by atoms with E-state index in [0.717, 1.165) is 6.07 Å². The number of halogens is 3. The van der Waals surface area contributed by atoms with E-state index in [4.69, 9.17) is 4.74 Å². The largest absolute Gasteiger partial charge is 0.497 e. The summed E-state index contributed by atoms with van der Waals surface area (Å²) in [4.78, 5) is 49.8. The highest BCUT2D eigenvalue weighted by Crippen LogP contribution is 2.30. The van der Waals surface area contributed by atoms with Gasteiger partial charge >= 0.3 is 12.2 Å². The Morgan fingerprint density at radius 1 is 1.17 bits per heavy atom. The van der Waals surface area contributed by atoms with Crippen LogP contribution in [-0.2, 0) is 21.7 Å². The van der Waals surface area contributed by atoms with Crippen LogP contribution in [0.25, 0.3) is 0 Å². The van der Waals surface area contributed by atoms with Crippen LogP contribution in [0.5, 0.6) is 5.75 Å². The maximum absolute atomic E-state index is 13.2. The second kappa shape index (κ2) is 9.60. The second-order valence-corrected chi connectivity index (χ2v) is 7.93. The lowest BCUT2D eigenvalue weighted by Crippen LogP contribution is -2.46. The van der Waals surface area contributed by atoms with Crippen molar-refractivity contribution in [2.75, 3.05) is 20.2 Å². The fourth-order valence-electron chi connectivity index (χ4n) is 3.67. The number of rotatable bonds is 8. The number of imide groups is 1. The maximum atomic E-state index is 13.2. The number of ether oxygens (including phenoxy) is 1. The Balaban J connectivity index is 1.84. The number of benzene rings is 2. The third-order valence-electron chi connectivity index (χ3n) is 5.51. The van der Waals surface area contributed by atoms with Crippen LogP contribution in [0.4, 0.5) is 23.7 Å². The molecule has 0 saturated carbocycles. The van der Waals surface area contributed by atoms with Gasteiger partial charge in [0.15, 0.2) is 0 Å². The number of hydrogen-bond acceptors (Lipinski definition) is 6. The number of urea groups is 1. The molecule has 0 aliphatic carbocycles. The van der Waals surface area contributed by atoms with Crippen molar-refractivity contribution in [1.29, 1.82) is 0 Å². The molecule has 0 spiro atoms. The standard InChI is InChI=1S/C22H21F3N4O6/c1-21(15-7-9-16(35-2)10-8-15)19(31)28(20(32)26-21)12-18(30)27(13-22(23,24)25)11-14-5-3-4-6-17(14)29(33)34/h3-10H,11-13H2,1-2H3,(H,26,32). The summed E-state index contributed by atoms with van der Waals surface area (Å²) in [5.41, 5.74) is -1.78. The van der Waals surface area contributed by atoms with Crippen molar-refractivity contribution in [2.24, 2.45) is 0 Å². The van der Waals surface area contributed by atoms with E-state index in [1.165, 1.54) is 44.4 Å². The van der Waals surface area contributed by atoms with Gasteiger partial charge in [-0.05, 0) is 24.6 Å². The molecule has 1 heterocycles.